The molecule has 1 aliphatic carbocycles. The zero-order valence-electron chi connectivity index (χ0n) is 11.0. The van der Waals surface area contributed by atoms with Crippen molar-refractivity contribution in [2.24, 2.45) is 5.92 Å². The number of hydrogen-bond donors (Lipinski definition) is 0. The van der Waals surface area contributed by atoms with Crippen LogP contribution in [0.5, 0.6) is 0 Å². The Morgan fingerprint density at radius 3 is 2.56 bits per heavy atom. The fraction of sp³-hybridized carbons (Fsp3) is 0.533. The van der Waals surface area contributed by atoms with Gasteiger partial charge < -0.3 is 4.90 Å². The number of halogens is 1. The van der Waals surface area contributed by atoms with Crippen LogP contribution in [0.2, 0.25) is 0 Å². The maximum absolute atomic E-state index is 12.4. The first-order chi connectivity index (χ1) is 8.58. The van der Waals surface area contributed by atoms with Gasteiger partial charge in [-0.1, -0.05) is 13.0 Å². The van der Waals surface area contributed by atoms with Gasteiger partial charge in [-0.25, -0.2) is 0 Å². The van der Waals surface area contributed by atoms with E-state index in [-0.39, 0.29) is 5.91 Å². The smallest absolute Gasteiger partial charge is 0.253 e. The Labute approximate surface area is 123 Å². The number of nitrogens with zero attached hydrogens (tertiary/aromatic N) is 1. The fourth-order valence-corrected chi connectivity index (χ4v) is 3.16. The molecule has 1 amide bonds. The van der Waals surface area contributed by atoms with Gasteiger partial charge >= 0.3 is 0 Å². The first-order valence-corrected chi connectivity index (χ1v) is 7.68. The number of carbonyl (C=O) groups excluding carboxylic acids is 1. The van der Waals surface area contributed by atoms with Crippen molar-refractivity contribution < 1.29 is 4.79 Å². The monoisotopic (exact) mass is 357 g/mol. The van der Waals surface area contributed by atoms with Crippen molar-refractivity contribution in [3.63, 3.8) is 0 Å². The van der Waals surface area contributed by atoms with Gasteiger partial charge in [-0.05, 0) is 72.4 Å². The zero-order chi connectivity index (χ0) is 13.1. The normalized spacial score (nSPS) is 23.7. The predicted octanol–water partition coefficient (Wildman–Crippen LogP) is 3.94. The van der Waals surface area contributed by atoms with Crippen molar-refractivity contribution in [3.05, 3.63) is 33.4 Å². The van der Waals surface area contributed by atoms with E-state index in [1.54, 1.807) is 0 Å². The summed E-state index contributed by atoms with van der Waals surface area (Å²) >= 11 is 2.25. The minimum Gasteiger partial charge on any atom is -0.339 e. The highest BCUT2D eigenvalue weighted by molar-refractivity contribution is 14.1. The van der Waals surface area contributed by atoms with E-state index in [0.29, 0.717) is 6.04 Å². The van der Waals surface area contributed by atoms with E-state index in [1.807, 2.05) is 36.2 Å². The molecule has 18 heavy (non-hydrogen) atoms. The maximum atomic E-state index is 12.4. The number of hydrogen-bond acceptors (Lipinski definition) is 1. The van der Waals surface area contributed by atoms with Crippen LogP contribution in [0.15, 0.2) is 24.3 Å². The van der Waals surface area contributed by atoms with Gasteiger partial charge in [0.25, 0.3) is 5.91 Å². The SMILES string of the molecule is CC1CCC(N(C)C(=O)c2cccc(I)c2)CC1. The van der Waals surface area contributed by atoms with E-state index in [1.165, 1.54) is 12.8 Å². The van der Waals surface area contributed by atoms with Gasteiger partial charge in [0.05, 0.1) is 0 Å². The third-order valence-electron chi connectivity index (χ3n) is 3.93. The molecule has 1 fully saturated rings. The zero-order valence-corrected chi connectivity index (χ0v) is 13.2. The van der Waals surface area contributed by atoms with Crippen molar-refractivity contribution >= 4 is 28.5 Å². The van der Waals surface area contributed by atoms with E-state index in [0.717, 1.165) is 27.9 Å². The summed E-state index contributed by atoms with van der Waals surface area (Å²) in [6, 6.07) is 8.26. The van der Waals surface area contributed by atoms with Crippen molar-refractivity contribution in [2.75, 3.05) is 7.05 Å². The molecule has 0 bridgehead atoms. The van der Waals surface area contributed by atoms with Crippen LogP contribution in [0.25, 0.3) is 0 Å². The van der Waals surface area contributed by atoms with Crippen LogP contribution in [0.1, 0.15) is 43.0 Å². The Hall–Kier alpha value is -0.580. The standard InChI is InChI=1S/C15H20INO/c1-11-6-8-14(9-7-11)17(2)15(18)12-4-3-5-13(16)10-12/h3-5,10-11,14H,6-9H2,1-2H3. The lowest BCUT2D eigenvalue weighted by Gasteiger charge is -2.33. The summed E-state index contributed by atoms with van der Waals surface area (Å²) in [7, 11) is 1.95. The number of carbonyl (C=O) groups is 1. The largest absolute Gasteiger partial charge is 0.339 e. The van der Waals surface area contributed by atoms with Crippen LogP contribution in [0.3, 0.4) is 0 Å². The first-order valence-electron chi connectivity index (χ1n) is 6.60. The molecule has 0 saturated heterocycles. The Bertz CT molecular complexity index is 424. The second kappa shape index (κ2) is 6.04. The van der Waals surface area contributed by atoms with Gasteiger partial charge in [-0.15, -0.1) is 0 Å². The van der Waals surface area contributed by atoms with Crippen molar-refractivity contribution in [1.82, 2.24) is 4.90 Å². The lowest BCUT2D eigenvalue weighted by molar-refractivity contribution is 0.0679. The van der Waals surface area contributed by atoms with Crippen molar-refractivity contribution in [3.8, 4) is 0 Å². The molecule has 1 aromatic carbocycles. The van der Waals surface area contributed by atoms with Crippen LogP contribution in [0, 0.1) is 9.49 Å². The minimum atomic E-state index is 0.160. The Balaban J connectivity index is 2.04. The summed E-state index contributed by atoms with van der Waals surface area (Å²) in [5.41, 5.74) is 0.808. The number of benzene rings is 1. The number of rotatable bonds is 2. The Kier molecular flexibility index (Phi) is 4.65. The summed E-state index contributed by atoms with van der Waals surface area (Å²) in [5.74, 6) is 0.982. The highest BCUT2D eigenvalue weighted by Gasteiger charge is 2.25. The molecule has 98 valence electrons. The van der Waals surface area contributed by atoms with E-state index >= 15 is 0 Å². The van der Waals surface area contributed by atoms with Crippen LogP contribution in [-0.2, 0) is 0 Å². The number of amides is 1. The lowest BCUT2D eigenvalue weighted by atomic mass is 9.86. The summed E-state index contributed by atoms with van der Waals surface area (Å²) in [6.45, 7) is 2.30. The molecule has 0 radical (unpaired) electrons. The van der Waals surface area contributed by atoms with E-state index in [4.69, 9.17) is 0 Å². The predicted molar refractivity (Wildman–Crippen MR) is 82.7 cm³/mol. The second-order valence-corrected chi connectivity index (χ2v) is 6.59. The van der Waals surface area contributed by atoms with Gasteiger partial charge in [-0.3, -0.25) is 4.79 Å². The van der Waals surface area contributed by atoms with Gasteiger partial charge in [0, 0.05) is 22.2 Å². The average Bonchev–Trinajstić information content (AvgIpc) is 2.38. The summed E-state index contributed by atoms with van der Waals surface area (Å²) in [5, 5.41) is 0. The van der Waals surface area contributed by atoms with Crippen LogP contribution in [-0.4, -0.2) is 23.9 Å². The Morgan fingerprint density at radius 2 is 1.94 bits per heavy atom. The lowest BCUT2D eigenvalue weighted by Crippen LogP contribution is -2.39. The molecule has 1 aliphatic rings. The molecule has 0 unspecified atom stereocenters. The van der Waals surface area contributed by atoms with Gasteiger partial charge in [0.1, 0.15) is 0 Å². The molecule has 1 aromatic rings. The molecule has 0 N–H and O–H groups in total. The van der Waals surface area contributed by atoms with Gasteiger partial charge in [0.2, 0.25) is 0 Å². The second-order valence-electron chi connectivity index (χ2n) is 5.34. The fourth-order valence-electron chi connectivity index (χ4n) is 2.62. The van der Waals surface area contributed by atoms with E-state index < -0.39 is 0 Å². The molecular formula is C15H20INO. The van der Waals surface area contributed by atoms with Crippen LogP contribution < -0.4 is 0 Å². The highest BCUT2D eigenvalue weighted by Crippen LogP contribution is 2.27. The molecule has 0 spiro atoms. The van der Waals surface area contributed by atoms with Crippen LogP contribution in [0.4, 0.5) is 0 Å². The molecule has 0 aliphatic heterocycles. The van der Waals surface area contributed by atoms with E-state index in [9.17, 15) is 4.79 Å². The summed E-state index contributed by atoms with van der Waals surface area (Å²) < 4.78 is 1.11. The summed E-state index contributed by atoms with van der Waals surface area (Å²) in [4.78, 5) is 14.3. The van der Waals surface area contributed by atoms with Crippen molar-refractivity contribution in [1.29, 1.82) is 0 Å². The first kappa shape index (κ1) is 13.8. The van der Waals surface area contributed by atoms with Gasteiger partial charge in [0.15, 0.2) is 0 Å². The third-order valence-corrected chi connectivity index (χ3v) is 4.60. The third kappa shape index (κ3) is 3.25. The topological polar surface area (TPSA) is 20.3 Å². The summed E-state index contributed by atoms with van der Waals surface area (Å²) in [6.07, 6.45) is 4.78. The molecular weight excluding hydrogens is 337 g/mol. The maximum Gasteiger partial charge on any atom is 0.253 e. The molecule has 1 saturated carbocycles. The molecule has 0 heterocycles. The Morgan fingerprint density at radius 1 is 1.28 bits per heavy atom. The molecule has 3 heteroatoms. The van der Waals surface area contributed by atoms with Crippen molar-refractivity contribution in [2.45, 2.75) is 38.6 Å². The average molecular weight is 357 g/mol. The van der Waals surface area contributed by atoms with Crippen LogP contribution >= 0.6 is 22.6 Å². The quantitative estimate of drug-likeness (QED) is 0.735. The van der Waals surface area contributed by atoms with E-state index in [2.05, 4.69) is 29.5 Å². The highest BCUT2D eigenvalue weighted by atomic mass is 127. The molecule has 0 atom stereocenters. The molecule has 2 nitrogen and oxygen atoms in total. The molecule has 2 rings (SSSR count). The minimum absolute atomic E-state index is 0.160. The molecule has 0 aromatic heterocycles. The van der Waals surface area contributed by atoms with Gasteiger partial charge in [-0.2, -0.15) is 0 Å².